The summed E-state index contributed by atoms with van der Waals surface area (Å²) in [6.45, 7) is 2.72. The van der Waals surface area contributed by atoms with Crippen molar-refractivity contribution in [1.29, 1.82) is 0 Å². The summed E-state index contributed by atoms with van der Waals surface area (Å²) in [7, 11) is 0. The van der Waals surface area contributed by atoms with E-state index < -0.39 is 0 Å². The SMILES string of the molecule is Oc1cccnc1OC[C@@H]1CCCNC1. The van der Waals surface area contributed by atoms with Gasteiger partial charge in [-0.15, -0.1) is 0 Å². The molecule has 0 unspecified atom stereocenters. The lowest BCUT2D eigenvalue weighted by atomic mass is 10.0. The predicted octanol–water partition coefficient (Wildman–Crippen LogP) is 1.17. The Morgan fingerprint density at radius 1 is 1.60 bits per heavy atom. The summed E-state index contributed by atoms with van der Waals surface area (Å²) < 4.78 is 5.48. The summed E-state index contributed by atoms with van der Waals surface area (Å²) in [5.74, 6) is 0.976. The van der Waals surface area contributed by atoms with E-state index in [1.54, 1.807) is 18.3 Å². The first-order chi connectivity index (χ1) is 7.36. The third-order valence-corrected chi connectivity index (χ3v) is 2.61. The van der Waals surface area contributed by atoms with Crippen molar-refractivity contribution in [2.75, 3.05) is 19.7 Å². The maximum absolute atomic E-state index is 9.44. The second-order valence-electron chi connectivity index (χ2n) is 3.85. The number of aromatic nitrogens is 1. The molecule has 2 N–H and O–H groups in total. The van der Waals surface area contributed by atoms with Gasteiger partial charge in [-0.25, -0.2) is 4.98 Å². The highest BCUT2D eigenvalue weighted by Crippen LogP contribution is 2.22. The highest BCUT2D eigenvalue weighted by Gasteiger charge is 2.14. The molecule has 0 spiro atoms. The molecule has 1 aromatic heterocycles. The van der Waals surface area contributed by atoms with Crippen LogP contribution in [0.3, 0.4) is 0 Å². The Morgan fingerprint density at radius 2 is 2.53 bits per heavy atom. The summed E-state index contributed by atoms with van der Waals surface area (Å²) in [6, 6.07) is 3.27. The lowest BCUT2D eigenvalue weighted by Crippen LogP contribution is -2.33. The number of nitrogens with one attached hydrogen (secondary N) is 1. The zero-order valence-electron chi connectivity index (χ0n) is 8.65. The molecule has 1 saturated heterocycles. The molecular weight excluding hydrogens is 192 g/mol. The van der Waals surface area contributed by atoms with Crippen molar-refractivity contribution in [2.45, 2.75) is 12.8 Å². The zero-order chi connectivity index (χ0) is 10.5. The highest BCUT2D eigenvalue weighted by atomic mass is 16.5. The molecule has 1 fully saturated rings. The predicted molar refractivity (Wildman–Crippen MR) is 57.0 cm³/mol. The first kappa shape index (κ1) is 10.2. The summed E-state index contributed by atoms with van der Waals surface area (Å²) in [4.78, 5) is 3.97. The number of aromatic hydroxyl groups is 1. The smallest absolute Gasteiger partial charge is 0.256 e. The van der Waals surface area contributed by atoms with E-state index in [9.17, 15) is 5.11 Å². The molecule has 2 heterocycles. The second-order valence-corrected chi connectivity index (χ2v) is 3.85. The molecule has 0 amide bonds. The van der Waals surface area contributed by atoms with E-state index >= 15 is 0 Å². The molecule has 0 aromatic carbocycles. The van der Waals surface area contributed by atoms with Crippen LogP contribution in [0.25, 0.3) is 0 Å². The Labute approximate surface area is 89.3 Å². The molecule has 4 heteroatoms. The van der Waals surface area contributed by atoms with Gasteiger partial charge >= 0.3 is 0 Å². The zero-order valence-corrected chi connectivity index (χ0v) is 8.65. The van der Waals surface area contributed by atoms with Crippen LogP contribution in [0.4, 0.5) is 0 Å². The topological polar surface area (TPSA) is 54.4 Å². The number of hydrogen-bond donors (Lipinski definition) is 2. The average molecular weight is 208 g/mol. The lowest BCUT2D eigenvalue weighted by molar-refractivity contribution is 0.205. The van der Waals surface area contributed by atoms with Crippen molar-refractivity contribution in [3.63, 3.8) is 0 Å². The molecule has 15 heavy (non-hydrogen) atoms. The van der Waals surface area contributed by atoms with Crippen LogP contribution in [-0.2, 0) is 0 Å². The average Bonchev–Trinajstić information content (AvgIpc) is 2.29. The molecule has 0 aliphatic carbocycles. The standard InChI is InChI=1S/C11H16N2O2/c14-10-4-2-6-13-11(10)15-8-9-3-1-5-12-7-9/h2,4,6,9,12,14H,1,3,5,7-8H2/t9-/m1/s1. The highest BCUT2D eigenvalue weighted by molar-refractivity contribution is 5.30. The minimum Gasteiger partial charge on any atom is -0.503 e. The van der Waals surface area contributed by atoms with E-state index in [2.05, 4.69) is 10.3 Å². The molecule has 82 valence electrons. The Kier molecular flexibility index (Phi) is 3.40. The summed E-state index contributed by atoms with van der Waals surface area (Å²) >= 11 is 0. The fraction of sp³-hybridized carbons (Fsp3) is 0.545. The minimum atomic E-state index is 0.112. The fourth-order valence-corrected chi connectivity index (χ4v) is 1.76. The summed E-state index contributed by atoms with van der Waals surface area (Å²) in [5, 5.41) is 12.8. The number of pyridine rings is 1. The molecular formula is C11H16N2O2. The quantitative estimate of drug-likeness (QED) is 0.782. The van der Waals surface area contributed by atoms with Crippen LogP contribution in [0.15, 0.2) is 18.3 Å². The van der Waals surface area contributed by atoms with Gasteiger partial charge in [-0.1, -0.05) is 0 Å². The van der Waals surface area contributed by atoms with E-state index in [-0.39, 0.29) is 5.75 Å². The molecule has 0 radical (unpaired) electrons. The molecule has 2 rings (SSSR count). The van der Waals surface area contributed by atoms with Gasteiger partial charge in [0.05, 0.1) is 6.61 Å². The number of ether oxygens (including phenoxy) is 1. The third-order valence-electron chi connectivity index (χ3n) is 2.61. The van der Waals surface area contributed by atoms with Gasteiger partial charge in [-0.05, 0) is 31.5 Å². The van der Waals surface area contributed by atoms with Crippen molar-refractivity contribution < 1.29 is 9.84 Å². The molecule has 1 aromatic rings. The second kappa shape index (κ2) is 4.98. The lowest BCUT2D eigenvalue weighted by Gasteiger charge is -2.22. The normalized spacial score (nSPS) is 21.2. The molecule has 0 saturated carbocycles. The van der Waals surface area contributed by atoms with Gasteiger partial charge in [-0.3, -0.25) is 0 Å². The van der Waals surface area contributed by atoms with Crippen LogP contribution >= 0.6 is 0 Å². The van der Waals surface area contributed by atoms with Gasteiger partial charge in [-0.2, -0.15) is 0 Å². The van der Waals surface area contributed by atoms with Crippen LogP contribution in [0, 0.1) is 5.92 Å². The van der Waals surface area contributed by atoms with Crippen LogP contribution in [-0.4, -0.2) is 29.8 Å². The van der Waals surface area contributed by atoms with E-state index in [1.807, 2.05) is 0 Å². The Hall–Kier alpha value is -1.29. The van der Waals surface area contributed by atoms with E-state index in [4.69, 9.17) is 4.74 Å². The van der Waals surface area contributed by atoms with E-state index in [0.717, 1.165) is 13.1 Å². The Bertz CT molecular complexity index is 311. The van der Waals surface area contributed by atoms with Crippen molar-refractivity contribution in [2.24, 2.45) is 5.92 Å². The third kappa shape index (κ3) is 2.83. The fourth-order valence-electron chi connectivity index (χ4n) is 1.76. The number of hydrogen-bond acceptors (Lipinski definition) is 4. The maximum atomic E-state index is 9.44. The number of piperidine rings is 1. The first-order valence-electron chi connectivity index (χ1n) is 5.34. The summed E-state index contributed by atoms with van der Waals surface area (Å²) in [6.07, 6.45) is 4.00. The van der Waals surface area contributed by atoms with Gasteiger partial charge in [0.2, 0.25) is 0 Å². The molecule has 1 aliphatic heterocycles. The molecule has 4 nitrogen and oxygen atoms in total. The van der Waals surface area contributed by atoms with Crippen LogP contribution < -0.4 is 10.1 Å². The van der Waals surface area contributed by atoms with Gasteiger partial charge in [0.15, 0.2) is 5.75 Å². The van der Waals surface area contributed by atoms with Crippen molar-refractivity contribution in [3.05, 3.63) is 18.3 Å². The van der Waals surface area contributed by atoms with Gasteiger partial charge in [0.25, 0.3) is 5.88 Å². The van der Waals surface area contributed by atoms with Crippen molar-refractivity contribution in [1.82, 2.24) is 10.3 Å². The van der Waals surface area contributed by atoms with Crippen LogP contribution in [0.5, 0.6) is 11.6 Å². The molecule has 1 atom stereocenters. The Morgan fingerprint density at radius 3 is 3.27 bits per heavy atom. The largest absolute Gasteiger partial charge is 0.503 e. The number of nitrogens with zero attached hydrogens (tertiary/aromatic N) is 1. The minimum absolute atomic E-state index is 0.112. The molecule has 1 aliphatic rings. The van der Waals surface area contributed by atoms with Gasteiger partial charge < -0.3 is 15.2 Å². The van der Waals surface area contributed by atoms with E-state index in [0.29, 0.717) is 18.4 Å². The molecule has 0 bridgehead atoms. The van der Waals surface area contributed by atoms with Crippen LogP contribution in [0.2, 0.25) is 0 Å². The Balaban J connectivity index is 1.84. The van der Waals surface area contributed by atoms with Crippen molar-refractivity contribution in [3.8, 4) is 11.6 Å². The van der Waals surface area contributed by atoms with Gasteiger partial charge in [0.1, 0.15) is 0 Å². The van der Waals surface area contributed by atoms with Gasteiger partial charge in [0, 0.05) is 18.7 Å². The maximum Gasteiger partial charge on any atom is 0.256 e. The monoisotopic (exact) mass is 208 g/mol. The first-order valence-corrected chi connectivity index (χ1v) is 5.34. The summed E-state index contributed by atoms with van der Waals surface area (Å²) in [5.41, 5.74) is 0. The van der Waals surface area contributed by atoms with Crippen LogP contribution in [0.1, 0.15) is 12.8 Å². The van der Waals surface area contributed by atoms with Crippen molar-refractivity contribution >= 4 is 0 Å². The number of rotatable bonds is 3. The van der Waals surface area contributed by atoms with E-state index in [1.165, 1.54) is 12.8 Å².